The summed E-state index contributed by atoms with van der Waals surface area (Å²) in [6.45, 7) is 0. The number of carboxylic acids is 1. The molecule has 0 saturated carbocycles. The molecule has 0 aliphatic heterocycles. The van der Waals surface area contributed by atoms with Gasteiger partial charge in [0.15, 0.2) is 0 Å². The van der Waals surface area contributed by atoms with Gasteiger partial charge in [-0.3, -0.25) is 9.00 Å². The van der Waals surface area contributed by atoms with Crippen molar-refractivity contribution in [3.63, 3.8) is 0 Å². The van der Waals surface area contributed by atoms with Crippen LogP contribution < -0.4 is 0 Å². The summed E-state index contributed by atoms with van der Waals surface area (Å²) < 4.78 is 32.9. The van der Waals surface area contributed by atoms with E-state index in [2.05, 4.69) is 0 Å². The van der Waals surface area contributed by atoms with Crippen molar-refractivity contribution in [1.29, 1.82) is 0 Å². The third kappa shape index (κ3) is 11.6. The van der Waals surface area contributed by atoms with Gasteiger partial charge in [-0.25, -0.2) is 8.42 Å². The van der Waals surface area contributed by atoms with Gasteiger partial charge in [0.2, 0.25) is 0 Å². The Hall–Kier alpha value is -0.430. The molecule has 1 N–H and O–H groups in total. The summed E-state index contributed by atoms with van der Waals surface area (Å²) in [5.74, 6) is -0.236. The first-order valence-electron chi connectivity index (χ1n) is 5.06. The molecule has 0 aromatic heterocycles. The summed E-state index contributed by atoms with van der Waals surface area (Å²) in [6, 6.07) is 0. The Bertz CT molecular complexity index is 334. The Morgan fingerprint density at radius 2 is 1.81 bits per heavy atom. The molecule has 0 radical (unpaired) electrons. The smallest absolute Gasteiger partial charge is 0.303 e. The zero-order valence-electron chi connectivity index (χ0n) is 9.35. The van der Waals surface area contributed by atoms with Gasteiger partial charge in [-0.05, 0) is 12.8 Å². The van der Waals surface area contributed by atoms with Gasteiger partial charge < -0.3 is 5.11 Å². The zero-order chi connectivity index (χ0) is 12.6. The van der Waals surface area contributed by atoms with Gasteiger partial charge in [-0.1, -0.05) is 6.42 Å². The molecule has 0 aromatic carbocycles. The number of sulfone groups is 1. The molecule has 0 heterocycles. The summed E-state index contributed by atoms with van der Waals surface area (Å²) in [4.78, 5) is 10.2. The molecule has 16 heavy (non-hydrogen) atoms. The second-order valence-corrected chi connectivity index (χ2v) is 7.64. The molecule has 0 saturated heterocycles. The number of aliphatic carboxylic acids is 1. The topological polar surface area (TPSA) is 88.5 Å². The van der Waals surface area contributed by atoms with Crippen LogP contribution in [0.1, 0.15) is 25.7 Å². The highest BCUT2D eigenvalue weighted by Gasteiger charge is 2.06. The molecular weight excluding hydrogens is 252 g/mol. The number of hydrogen-bond donors (Lipinski definition) is 1. The average Bonchev–Trinajstić information content (AvgIpc) is 2.12. The predicted octanol–water partition coefficient (Wildman–Crippen LogP) is 0.425. The average molecular weight is 270 g/mol. The van der Waals surface area contributed by atoms with E-state index in [1.807, 2.05) is 0 Å². The molecule has 0 fully saturated rings. The van der Waals surface area contributed by atoms with E-state index in [9.17, 15) is 17.4 Å². The minimum Gasteiger partial charge on any atom is -0.481 e. The fourth-order valence-corrected chi connectivity index (χ4v) is 3.75. The quantitative estimate of drug-likeness (QED) is 0.614. The second kappa shape index (κ2) is 7.78. The molecule has 0 rings (SSSR count). The minimum atomic E-state index is -3.04. The molecule has 0 bridgehead atoms. The van der Waals surface area contributed by atoms with Crippen molar-refractivity contribution >= 4 is 26.6 Å². The highest BCUT2D eigenvalue weighted by Crippen LogP contribution is 2.01. The van der Waals surface area contributed by atoms with Gasteiger partial charge in [-0.2, -0.15) is 0 Å². The van der Waals surface area contributed by atoms with E-state index in [1.54, 1.807) is 0 Å². The summed E-state index contributed by atoms with van der Waals surface area (Å²) in [6.07, 6.45) is 3.24. The van der Waals surface area contributed by atoms with Crippen LogP contribution >= 0.6 is 0 Å². The van der Waals surface area contributed by atoms with Crippen LogP contribution in [0.5, 0.6) is 0 Å². The first kappa shape index (κ1) is 15.6. The highest BCUT2D eigenvalue weighted by molar-refractivity contribution is 7.92. The van der Waals surface area contributed by atoms with Gasteiger partial charge in [0.25, 0.3) is 0 Å². The Morgan fingerprint density at radius 3 is 2.31 bits per heavy atom. The van der Waals surface area contributed by atoms with Crippen molar-refractivity contribution < 1.29 is 22.5 Å². The summed E-state index contributed by atoms with van der Waals surface area (Å²) in [5.41, 5.74) is 0. The molecular formula is C9H18O5S2. The zero-order valence-corrected chi connectivity index (χ0v) is 11.0. The minimum absolute atomic E-state index is 0.0469. The number of carbonyl (C=O) groups is 1. The third-order valence-electron chi connectivity index (χ3n) is 1.94. The number of unbranched alkanes of at least 4 members (excludes halogenated alkanes) is 2. The van der Waals surface area contributed by atoms with Gasteiger partial charge in [-0.15, -0.1) is 0 Å². The molecule has 0 spiro atoms. The van der Waals surface area contributed by atoms with Crippen LogP contribution in [-0.2, 0) is 25.4 Å². The maximum absolute atomic E-state index is 11.3. The van der Waals surface area contributed by atoms with Crippen LogP contribution in [0.25, 0.3) is 0 Å². The monoisotopic (exact) mass is 270 g/mol. The van der Waals surface area contributed by atoms with Crippen molar-refractivity contribution in [2.24, 2.45) is 0 Å². The first-order valence-corrected chi connectivity index (χ1v) is 8.60. The maximum atomic E-state index is 11.3. The van der Waals surface area contributed by atoms with Gasteiger partial charge >= 0.3 is 5.97 Å². The van der Waals surface area contributed by atoms with E-state index in [1.165, 1.54) is 0 Å². The van der Waals surface area contributed by atoms with E-state index in [0.717, 1.165) is 12.7 Å². The van der Waals surface area contributed by atoms with Crippen LogP contribution in [0.2, 0.25) is 0 Å². The second-order valence-electron chi connectivity index (χ2n) is 3.68. The largest absolute Gasteiger partial charge is 0.481 e. The Kier molecular flexibility index (Phi) is 7.57. The van der Waals surface area contributed by atoms with E-state index < -0.39 is 26.6 Å². The van der Waals surface area contributed by atoms with Crippen LogP contribution in [0, 0.1) is 0 Å². The molecule has 0 aromatic rings. The molecule has 96 valence electrons. The standard InChI is InChI=1S/C9H18O5S2/c1-16(13,14)8-7-15(12)6-4-2-3-5-9(10)11/h2-8H2,1H3,(H,10,11). The highest BCUT2D eigenvalue weighted by atomic mass is 32.2. The maximum Gasteiger partial charge on any atom is 0.303 e. The number of rotatable bonds is 9. The van der Waals surface area contributed by atoms with Crippen molar-refractivity contribution in [1.82, 2.24) is 0 Å². The SMILES string of the molecule is CS(=O)(=O)CCS(=O)CCCCCC(=O)O. The molecule has 0 aliphatic rings. The van der Waals surface area contributed by atoms with Gasteiger partial charge in [0, 0.05) is 35.0 Å². The van der Waals surface area contributed by atoms with Crippen LogP contribution in [-0.4, -0.2) is 47.2 Å². The van der Waals surface area contributed by atoms with Gasteiger partial charge in [0.1, 0.15) is 9.84 Å². The molecule has 0 aliphatic carbocycles. The predicted molar refractivity (Wildman–Crippen MR) is 63.7 cm³/mol. The summed E-state index contributed by atoms with van der Waals surface area (Å²) in [7, 11) is -4.14. The van der Waals surface area contributed by atoms with Crippen molar-refractivity contribution in [3.05, 3.63) is 0 Å². The molecule has 1 unspecified atom stereocenters. The van der Waals surface area contributed by atoms with Crippen molar-refractivity contribution in [2.45, 2.75) is 25.7 Å². The van der Waals surface area contributed by atoms with Gasteiger partial charge in [0.05, 0.1) is 5.75 Å². The van der Waals surface area contributed by atoms with E-state index in [4.69, 9.17) is 5.11 Å². The lowest BCUT2D eigenvalue weighted by atomic mass is 10.2. The Labute approximate surface area is 98.6 Å². The molecule has 1 atom stereocenters. The Balaban J connectivity index is 3.48. The van der Waals surface area contributed by atoms with Crippen LogP contribution in [0.15, 0.2) is 0 Å². The first-order chi connectivity index (χ1) is 7.31. The van der Waals surface area contributed by atoms with E-state index in [0.29, 0.717) is 18.6 Å². The lowest BCUT2D eigenvalue weighted by Gasteiger charge is -2.01. The fourth-order valence-electron chi connectivity index (χ4n) is 1.06. The number of carboxylic acid groups (broad SMARTS) is 1. The van der Waals surface area contributed by atoms with Crippen LogP contribution in [0.3, 0.4) is 0 Å². The van der Waals surface area contributed by atoms with Crippen molar-refractivity contribution in [2.75, 3.05) is 23.5 Å². The normalized spacial score (nSPS) is 13.6. The summed E-state index contributed by atoms with van der Waals surface area (Å²) >= 11 is 0. The van der Waals surface area contributed by atoms with Crippen LogP contribution in [0.4, 0.5) is 0 Å². The third-order valence-corrected chi connectivity index (χ3v) is 4.55. The molecule has 5 nitrogen and oxygen atoms in total. The number of hydrogen-bond acceptors (Lipinski definition) is 4. The van der Waals surface area contributed by atoms with E-state index in [-0.39, 0.29) is 17.9 Å². The van der Waals surface area contributed by atoms with E-state index >= 15 is 0 Å². The molecule has 0 amide bonds. The molecule has 7 heteroatoms. The lowest BCUT2D eigenvalue weighted by Crippen LogP contribution is -2.13. The summed E-state index contributed by atoms with van der Waals surface area (Å²) in [5, 5.41) is 8.37. The Morgan fingerprint density at radius 1 is 1.19 bits per heavy atom. The lowest BCUT2D eigenvalue weighted by molar-refractivity contribution is -0.137. The van der Waals surface area contributed by atoms with Crippen molar-refractivity contribution in [3.8, 4) is 0 Å². The fraction of sp³-hybridized carbons (Fsp3) is 0.889.